The van der Waals surface area contributed by atoms with Gasteiger partial charge in [0.25, 0.3) is 0 Å². The highest BCUT2D eigenvalue weighted by molar-refractivity contribution is 7.98. The van der Waals surface area contributed by atoms with E-state index >= 15 is 0 Å². The highest BCUT2D eigenvalue weighted by Gasteiger charge is 2.23. The van der Waals surface area contributed by atoms with Crippen molar-refractivity contribution >= 4 is 23.4 Å². The number of amides is 1. The molecule has 3 nitrogen and oxygen atoms in total. The first-order valence-electron chi connectivity index (χ1n) is 6.03. The van der Waals surface area contributed by atoms with Crippen molar-refractivity contribution in [2.45, 2.75) is 38.1 Å². The number of hydrogen-bond acceptors (Lipinski definition) is 3. The van der Waals surface area contributed by atoms with Crippen LogP contribution in [-0.2, 0) is 4.79 Å². The summed E-state index contributed by atoms with van der Waals surface area (Å²) in [6.07, 6.45) is 2.33. The summed E-state index contributed by atoms with van der Waals surface area (Å²) < 4.78 is 0. The topological polar surface area (TPSA) is 55.1 Å². The summed E-state index contributed by atoms with van der Waals surface area (Å²) in [5.41, 5.74) is 6.81. The Bertz CT molecular complexity index is 413. The highest BCUT2D eigenvalue weighted by atomic mass is 32.2. The summed E-state index contributed by atoms with van der Waals surface area (Å²) in [7, 11) is 0. The van der Waals surface area contributed by atoms with Gasteiger partial charge in [-0.1, -0.05) is 32.9 Å². The zero-order chi connectivity index (χ0) is 13.8. The Balaban J connectivity index is 2.65. The van der Waals surface area contributed by atoms with Gasteiger partial charge in [0, 0.05) is 17.4 Å². The summed E-state index contributed by atoms with van der Waals surface area (Å²) in [5.74, 6) is -0.0288. The maximum absolute atomic E-state index is 11.9. The van der Waals surface area contributed by atoms with Gasteiger partial charge < -0.3 is 11.1 Å². The van der Waals surface area contributed by atoms with Crippen molar-refractivity contribution < 1.29 is 4.79 Å². The van der Waals surface area contributed by atoms with Crippen molar-refractivity contribution in [3.8, 4) is 0 Å². The Morgan fingerprint density at radius 2 is 2.00 bits per heavy atom. The van der Waals surface area contributed by atoms with Gasteiger partial charge in [-0.3, -0.25) is 4.79 Å². The van der Waals surface area contributed by atoms with E-state index in [9.17, 15) is 4.79 Å². The van der Waals surface area contributed by atoms with E-state index in [4.69, 9.17) is 5.73 Å². The van der Waals surface area contributed by atoms with Gasteiger partial charge in [-0.15, -0.1) is 11.8 Å². The molecule has 0 aliphatic rings. The number of para-hydroxylation sites is 1. The number of rotatable bonds is 4. The fourth-order valence-corrected chi connectivity index (χ4v) is 2.01. The van der Waals surface area contributed by atoms with Gasteiger partial charge in [-0.25, -0.2) is 0 Å². The van der Waals surface area contributed by atoms with Crippen LogP contribution in [0, 0.1) is 5.41 Å². The minimum absolute atomic E-state index is 0.0288. The zero-order valence-electron chi connectivity index (χ0n) is 11.5. The quantitative estimate of drug-likeness (QED) is 0.823. The first kappa shape index (κ1) is 15.1. The molecule has 18 heavy (non-hydrogen) atoms. The Morgan fingerprint density at radius 3 is 2.56 bits per heavy atom. The Morgan fingerprint density at radius 1 is 1.39 bits per heavy atom. The van der Waals surface area contributed by atoms with Crippen LogP contribution in [0.2, 0.25) is 0 Å². The molecule has 1 atom stereocenters. The lowest BCUT2D eigenvalue weighted by Crippen LogP contribution is -2.38. The number of nitrogens with one attached hydrogen (secondary N) is 1. The van der Waals surface area contributed by atoms with Crippen LogP contribution in [0.3, 0.4) is 0 Å². The number of anilines is 1. The molecule has 1 amide bonds. The van der Waals surface area contributed by atoms with Crippen molar-refractivity contribution in [3.05, 3.63) is 24.3 Å². The van der Waals surface area contributed by atoms with Crippen LogP contribution in [0.1, 0.15) is 27.2 Å². The van der Waals surface area contributed by atoms with Gasteiger partial charge in [-0.2, -0.15) is 0 Å². The molecule has 0 radical (unpaired) electrons. The van der Waals surface area contributed by atoms with E-state index in [1.165, 1.54) is 0 Å². The molecule has 0 heterocycles. The average molecular weight is 266 g/mol. The van der Waals surface area contributed by atoms with Crippen molar-refractivity contribution in [3.63, 3.8) is 0 Å². The number of carbonyl (C=O) groups is 1. The molecule has 1 unspecified atom stereocenters. The SMILES string of the molecule is CSc1ccccc1NC(=O)CC(N)C(C)(C)C. The lowest BCUT2D eigenvalue weighted by atomic mass is 9.85. The molecule has 100 valence electrons. The minimum atomic E-state index is -0.140. The van der Waals surface area contributed by atoms with Gasteiger partial charge in [0.05, 0.1) is 5.69 Å². The largest absolute Gasteiger partial charge is 0.327 e. The minimum Gasteiger partial charge on any atom is -0.327 e. The second kappa shape index (κ2) is 6.25. The summed E-state index contributed by atoms with van der Waals surface area (Å²) in [6.45, 7) is 6.13. The van der Waals surface area contributed by atoms with Crippen LogP contribution >= 0.6 is 11.8 Å². The molecule has 1 aromatic rings. The molecule has 0 aliphatic heterocycles. The van der Waals surface area contributed by atoms with Crippen LogP contribution in [-0.4, -0.2) is 18.2 Å². The van der Waals surface area contributed by atoms with Crippen LogP contribution in [0.4, 0.5) is 5.69 Å². The van der Waals surface area contributed by atoms with E-state index in [1.807, 2.05) is 51.3 Å². The number of hydrogen-bond donors (Lipinski definition) is 2. The highest BCUT2D eigenvalue weighted by Crippen LogP contribution is 2.25. The molecule has 0 saturated carbocycles. The third-order valence-electron chi connectivity index (χ3n) is 2.90. The summed E-state index contributed by atoms with van der Waals surface area (Å²) in [4.78, 5) is 13.0. The number of nitrogens with two attached hydrogens (primary N) is 1. The zero-order valence-corrected chi connectivity index (χ0v) is 12.3. The van der Waals surface area contributed by atoms with Crippen molar-refractivity contribution in [2.75, 3.05) is 11.6 Å². The van der Waals surface area contributed by atoms with Crippen LogP contribution < -0.4 is 11.1 Å². The van der Waals surface area contributed by atoms with Gasteiger partial charge in [0.1, 0.15) is 0 Å². The van der Waals surface area contributed by atoms with Gasteiger partial charge in [0.15, 0.2) is 0 Å². The van der Waals surface area contributed by atoms with Crippen LogP contribution in [0.25, 0.3) is 0 Å². The Labute approximate surface area is 114 Å². The lowest BCUT2D eigenvalue weighted by molar-refractivity contribution is -0.117. The number of thioether (sulfide) groups is 1. The fourth-order valence-electron chi connectivity index (χ4n) is 1.46. The maximum Gasteiger partial charge on any atom is 0.225 e. The standard InChI is InChI=1S/C14H22N2OS/c1-14(2,3)12(15)9-13(17)16-10-7-5-6-8-11(10)18-4/h5-8,12H,9,15H2,1-4H3,(H,16,17). The molecule has 0 bridgehead atoms. The van der Waals surface area contributed by atoms with Gasteiger partial charge >= 0.3 is 0 Å². The van der Waals surface area contributed by atoms with Crippen molar-refractivity contribution in [1.82, 2.24) is 0 Å². The normalized spacial score (nSPS) is 13.2. The Kier molecular flexibility index (Phi) is 5.23. The van der Waals surface area contributed by atoms with E-state index < -0.39 is 0 Å². The molecule has 0 aliphatic carbocycles. The smallest absolute Gasteiger partial charge is 0.225 e. The molecule has 0 spiro atoms. The summed E-state index contributed by atoms with van der Waals surface area (Å²) in [6, 6.07) is 7.64. The molecule has 4 heteroatoms. The predicted octanol–water partition coefficient (Wildman–Crippen LogP) is 3.11. The first-order chi connectivity index (χ1) is 8.34. The Hall–Kier alpha value is -1.00. The summed E-state index contributed by atoms with van der Waals surface area (Å²) in [5, 5.41) is 2.92. The maximum atomic E-state index is 11.9. The van der Waals surface area contributed by atoms with Crippen LogP contribution in [0.15, 0.2) is 29.2 Å². The second-order valence-electron chi connectivity index (χ2n) is 5.43. The molecule has 0 fully saturated rings. The van der Waals surface area contributed by atoms with Crippen molar-refractivity contribution in [1.29, 1.82) is 0 Å². The number of benzene rings is 1. The molecular weight excluding hydrogens is 244 g/mol. The average Bonchev–Trinajstić information content (AvgIpc) is 2.28. The van der Waals surface area contributed by atoms with Gasteiger partial charge in [0.2, 0.25) is 5.91 Å². The predicted molar refractivity (Wildman–Crippen MR) is 78.9 cm³/mol. The van der Waals surface area contributed by atoms with Crippen molar-refractivity contribution in [2.24, 2.45) is 11.1 Å². The monoisotopic (exact) mass is 266 g/mol. The molecule has 1 rings (SSSR count). The lowest BCUT2D eigenvalue weighted by Gasteiger charge is -2.26. The van der Waals surface area contributed by atoms with E-state index in [-0.39, 0.29) is 17.4 Å². The first-order valence-corrected chi connectivity index (χ1v) is 7.25. The molecule has 0 saturated heterocycles. The molecule has 1 aromatic carbocycles. The van der Waals surface area contributed by atoms with E-state index in [1.54, 1.807) is 11.8 Å². The third-order valence-corrected chi connectivity index (χ3v) is 3.69. The van der Waals surface area contributed by atoms with E-state index in [0.717, 1.165) is 10.6 Å². The van der Waals surface area contributed by atoms with E-state index in [0.29, 0.717) is 6.42 Å². The van der Waals surface area contributed by atoms with Gasteiger partial charge in [-0.05, 0) is 23.8 Å². The molecular formula is C14H22N2OS. The molecule has 0 aromatic heterocycles. The molecule has 3 N–H and O–H groups in total. The van der Waals surface area contributed by atoms with Crippen LogP contribution in [0.5, 0.6) is 0 Å². The second-order valence-corrected chi connectivity index (χ2v) is 6.27. The fraction of sp³-hybridized carbons (Fsp3) is 0.500. The third kappa shape index (κ3) is 4.35. The number of carbonyl (C=O) groups excluding carboxylic acids is 1. The summed E-state index contributed by atoms with van der Waals surface area (Å²) >= 11 is 1.62. The van der Waals surface area contributed by atoms with E-state index in [2.05, 4.69) is 5.32 Å².